The van der Waals surface area contributed by atoms with E-state index in [4.69, 9.17) is 0 Å². The summed E-state index contributed by atoms with van der Waals surface area (Å²) in [6, 6.07) is 0. The molecule has 108 valence electrons. The third-order valence-corrected chi connectivity index (χ3v) is 5.79. The molecule has 1 amide bonds. The van der Waals surface area contributed by atoms with Gasteiger partial charge in [-0.2, -0.15) is 0 Å². The number of rotatable bonds is 4. The summed E-state index contributed by atoms with van der Waals surface area (Å²) in [5, 5.41) is 3.28. The second kappa shape index (κ2) is 5.64. The standard InChI is InChI=1S/C15H20N2O2S/c1-17-11-6-3-7-12(18)14(11)20-13(17)8-9-16-15(19)10-4-2-5-10/h3,6,10,13H,2,4-5,7-9H2,1H3,(H,16,19). The summed E-state index contributed by atoms with van der Waals surface area (Å²) in [7, 11) is 2.02. The Morgan fingerprint density at radius 3 is 2.95 bits per heavy atom. The molecule has 5 heteroatoms. The highest BCUT2D eigenvalue weighted by Gasteiger charge is 2.33. The van der Waals surface area contributed by atoms with Gasteiger partial charge in [0.1, 0.15) is 0 Å². The van der Waals surface area contributed by atoms with Gasteiger partial charge in [-0.05, 0) is 25.3 Å². The van der Waals surface area contributed by atoms with E-state index in [-0.39, 0.29) is 23.0 Å². The van der Waals surface area contributed by atoms with Crippen LogP contribution < -0.4 is 5.32 Å². The number of allylic oxidation sites excluding steroid dienone is 3. The van der Waals surface area contributed by atoms with Crippen molar-refractivity contribution in [1.82, 2.24) is 10.2 Å². The lowest BCUT2D eigenvalue weighted by Crippen LogP contribution is -2.37. The SMILES string of the molecule is CN1C2=C(SC1CCNC(=O)C1CCC1)C(=O)CC=C2. The fourth-order valence-electron chi connectivity index (χ4n) is 2.75. The van der Waals surface area contributed by atoms with Gasteiger partial charge in [0.2, 0.25) is 5.91 Å². The quantitative estimate of drug-likeness (QED) is 0.861. The predicted octanol–water partition coefficient (Wildman–Crippen LogP) is 2.04. The van der Waals surface area contributed by atoms with Gasteiger partial charge in [0.25, 0.3) is 0 Å². The number of ketones is 1. The van der Waals surface area contributed by atoms with E-state index >= 15 is 0 Å². The lowest BCUT2D eigenvalue weighted by molar-refractivity contribution is -0.127. The van der Waals surface area contributed by atoms with Gasteiger partial charge in [0.05, 0.1) is 16.0 Å². The average Bonchev–Trinajstić information content (AvgIpc) is 2.67. The number of hydrogen-bond donors (Lipinski definition) is 1. The summed E-state index contributed by atoms with van der Waals surface area (Å²) in [5.41, 5.74) is 1.04. The third kappa shape index (κ3) is 2.51. The number of amides is 1. The van der Waals surface area contributed by atoms with Crippen LogP contribution in [0.5, 0.6) is 0 Å². The lowest BCUT2D eigenvalue weighted by Gasteiger charge is -2.26. The summed E-state index contributed by atoms with van der Waals surface area (Å²) in [5.74, 6) is 0.677. The highest BCUT2D eigenvalue weighted by atomic mass is 32.2. The van der Waals surface area contributed by atoms with Gasteiger partial charge >= 0.3 is 0 Å². The molecular weight excluding hydrogens is 272 g/mol. The van der Waals surface area contributed by atoms with E-state index in [0.717, 1.165) is 29.9 Å². The second-order valence-electron chi connectivity index (χ2n) is 5.63. The van der Waals surface area contributed by atoms with Gasteiger partial charge in [-0.3, -0.25) is 9.59 Å². The molecule has 1 atom stereocenters. The maximum Gasteiger partial charge on any atom is 0.223 e. The first kappa shape index (κ1) is 13.7. The molecule has 4 nitrogen and oxygen atoms in total. The van der Waals surface area contributed by atoms with Gasteiger partial charge in [-0.1, -0.05) is 24.3 Å². The van der Waals surface area contributed by atoms with E-state index in [9.17, 15) is 9.59 Å². The summed E-state index contributed by atoms with van der Waals surface area (Å²) >= 11 is 1.64. The van der Waals surface area contributed by atoms with Gasteiger partial charge in [0.15, 0.2) is 5.78 Å². The molecular formula is C15H20N2O2S. The largest absolute Gasteiger partial charge is 0.361 e. The number of carbonyl (C=O) groups is 2. The molecule has 1 unspecified atom stereocenters. The summed E-state index contributed by atoms with van der Waals surface area (Å²) in [4.78, 5) is 26.7. The fraction of sp³-hybridized carbons (Fsp3) is 0.600. The van der Waals surface area contributed by atoms with Gasteiger partial charge in [-0.15, -0.1) is 0 Å². The van der Waals surface area contributed by atoms with E-state index < -0.39 is 0 Å². The van der Waals surface area contributed by atoms with E-state index in [2.05, 4.69) is 10.2 Å². The number of thioether (sulfide) groups is 1. The smallest absolute Gasteiger partial charge is 0.223 e. The van der Waals surface area contributed by atoms with Crippen molar-refractivity contribution in [2.45, 2.75) is 37.5 Å². The van der Waals surface area contributed by atoms with Gasteiger partial charge in [-0.25, -0.2) is 0 Å². The van der Waals surface area contributed by atoms with Crippen molar-refractivity contribution in [3.63, 3.8) is 0 Å². The minimum absolute atomic E-state index is 0.204. The Labute approximate surface area is 123 Å². The zero-order chi connectivity index (χ0) is 14.1. The maximum absolute atomic E-state index is 11.9. The van der Waals surface area contributed by atoms with Crippen molar-refractivity contribution in [3.05, 3.63) is 22.8 Å². The topological polar surface area (TPSA) is 49.4 Å². The number of nitrogens with one attached hydrogen (secondary N) is 1. The Morgan fingerprint density at radius 2 is 2.30 bits per heavy atom. The molecule has 0 saturated heterocycles. The van der Waals surface area contributed by atoms with Crippen LogP contribution in [0.25, 0.3) is 0 Å². The minimum Gasteiger partial charge on any atom is -0.361 e. The summed E-state index contributed by atoms with van der Waals surface area (Å²) < 4.78 is 0. The molecule has 1 saturated carbocycles. The van der Waals surface area contributed by atoms with Crippen LogP contribution in [0.3, 0.4) is 0 Å². The molecule has 0 bridgehead atoms. The lowest BCUT2D eigenvalue weighted by atomic mass is 9.85. The van der Waals surface area contributed by atoms with Crippen molar-refractivity contribution in [2.24, 2.45) is 5.92 Å². The number of nitrogens with zero attached hydrogens (tertiary/aromatic N) is 1. The molecule has 0 aromatic heterocycles. The van der Waals surface area contributed by atoms with E-state index in [1.165, 1.54) is 6.42 Å². The number of carbonyl (C=O) groups excluding carboxylic acids is 2. The molecule has 20 heavy (non-hydrogen) atoms. The Morgan fingerprint density at radius 1 is 1.50 bits per heavy atom. The number of likely N-dealkylation sites (N-methyl/N-ethyl adjacent to an activating group) is 1. The molecule has 0 spiro atoms. The second-order valence-corrected chi connectivity index (χ2v) is 6.82. The molecule has 2 aliphatic carbocycles. The molecule has 0 radical (unpaired) electrons. The van der Waals surface area contributed by atoms with Gasteiger partial charge < -0.3 is 10.2 Å². The molecule has 0 aromatic carbocycles. The highest BCUT2D eigenvalue weighted by Crippen LogP contribution is 2.41. The zero-order valence-corrected chi connectivity index (χ0v) is 12.5. The van der Waals surface area contributed by atoms with Crippen LogP contribution in [0.15, 0.2) is 22.8 Å². The molecule has 3 rings (SSSR count). The van der Waals surface area contributed by atoms with Crippen LogP contribution in [0, 0.1) is 5.92 Å². The third-order valence-electron chi connectivity index (χ3n) is 4.30. The predicted molar refractivity (Wildman–Crippen MR) is 79.9 cm³/mol. The summed E-state index contributed by atoms with van der Waals surface area (Å²) in [6.45, 7) is 0.690. The maximum atomic E-state index is 11.9. The molecule has 1 heterocycles. The number of hydrogen-bond acceptors (Lipinski definition) is 4. The molecule has 1 fully saturated rings. The van der Waals surface area contributed by atoms with Crippen molar-refractivity contribution in [2.75, 3.05) is 13.6 Å². The summed E-state index contributed by atoms with van der Waals surface area (Å²) in [6.07, 6.45) is 8.62. The zero-order valence-electron chi connectivity index (χ0n) is 11.7. The van der Waals surface area contributed by atoms with Crippen molar-refractivity contribution >= 4 is 23.5 Å². The Balaban J connectivity index is 1.49. The van der Waals surface area contributed by atoms with Gasteiger partial charge in [0, 0.05) is 25.9 Å². The van der Waals surface area contributed by atoms with Crippen LogP contribution >= 0.6 is 11.8 Å². The highest BCUT2D eigenvalue weighted by molar-refractivity contribution is 8.04. The minimum atomic E-state index is 0.204. The van der Waals surface area contributed by atoms with Crippen molar-refractivity contribution in [3.8, 4) is 0 Å². The molecule has 3 aliphatic rings. The van der Waals surface area contributed by atoms with Crippen LogP contribution in [-0.4, -0.2) is 35.6 Å². The fourth-order valence-corrected chi connectivity index (χ4v) is 4.08. The van der Waals surface area contributed by atoms with Crippen LogP contribution in [0.4, 0.5) is 0 Å². The van der Waals surface area contributed by atoms with Crippen LogP contribution in [-0.2, 0) is 9.59 Å². The number of Topliss-reactive ketones (excluding diaryl/α,β-unsaturated/α-hetero) is 1. The normalized spacial score (nSPS) is 25.8. The van der Waals surface area contributed by atoms with E-state index in [1.807, 2.05) is 19.2 Å². The Hall–Kier alpha value is -1.23. The first-order chi connectivity index (χ1) is 9.66. The molecule has 1 aliphatic heterocycles. The Kier molecular flexibility index (Phi) is 3.87. The van der Waals surface area contributed by atoms with Crippen LogP contribution in [0.1, 0.15) is 32.1 Å². The Bertz CT molecular complexity index is 494. The first-order valence-corrected chi connectivity index (χ1v) is 8.16. The average molecular weight is 292 g/mol. The molecule has 0 aromatic rings. The molecule has 1 N–H and O–H groups in total. The van der Waals surface area contributed by atoms with E-state index in [1.54, 1.807) is 11.8 Å². The monoisotopic (exact) mass is 292 g/mol. The van der Waals surface area contributed by atoms with E-state index in [0.29, 0.717) is 13.0 Å². The van der Waals surface area contributed by atoms with Crippen LogP contribution in [0.2, 0.25) is 0 Å². The van der Waals surface area contributed by atoms with Crippen molar-refractivity contribution in [1.29, 1.82) is 0 Å². The van der Waals surface area contributed by atoms with Crippen molar-refractivity contribution < 1.29 is 9.59 Å². The first-order valence-electron chi connectivity index (χ1n) is 7.28.